The lowest BCUT2D eigenvalue weighted by molar-refractivity contribution is 0.560. The minimum absolute atomic E-state index is 0.0906. The molecule has 2 rings (SSSR count). The summed E-state index contributed by atoms with van der Waals surface area (Å²) in [5.41, 5.74) is 6.80. The maximum atomic E-state index is 13.7. The van der Waals surface area contributed by atoms with E-state index < -0.39 is 23.5 Å². The van der Waals surface area contributed by atoms with E-state index in [0.717, 1.165) is 12.1 Å². The van der Waals surface area contributed by atoms with Crippen molar-refractivity contribution in [1.29, 1.82) is 0 Å². The Morgan fingerprint density at radius 1 is 1.00 bits per heavy atom. The molecule has 19 heavy (non-hydrogen) atoms. The molecular weight excluding hydrogens is 275 g/mol. The molecule has 0 spiro atoms. The molecule has 0 aliphatic rings. The zero-order valence-electron chi connectivity index (χ0n) is 10.1. The van der Waals surface area contributed by atoms with Gasteiger partial charge in [0.2, 0.25) is 0 Å². The van der Waals surface area contributed by atoms with Gasteiger partial charge in [0.25, 0.3) is 0 Å². The summed E-state index contributed by atoms with van der Waals surface area (Å²) in [6.07, 6.45) is 0. The van der Waals surface area contributed by atoms with Gasteiger partial charge in [-0.15, -0.1) is 0 Å². The van der Waals surface area contributed by atoms with Crippen LogP contribution in [0.15, 0.2) is 30.3 Å². The number of rotatable bonds is 2. The fourth-order valence-electron chi connectivity index (χ4n) is 1.80. The molecule has 2 aromatic carbocycles. The first-order valence-electron chi connectivity index (χ1n) is 5.56. The molecule has 0 saturated heterocycles. The predicted octanol–water partition coefficient (Wildman–Crippen LogP) is 4.11. The first-order chi connectivity index (χ1) is 8.90. The molecule has 1 atom stereocenters. The van der Waals surface area contributed by atoms with Crippen molar-refractivity contribution >= 4 is 11.6 Å². The lowest BCUT2D eigenvalue weighted by atomic mass is 9.97. The van der Waals surface area contributed by atoms with Crippen molar-refractivity contribution in [3.05, 3.63) is 69.5 Å². The van der Waals surface area contributed by atoms with Crippen LogP contribution >= 0.6 is 11.6 Å². The zero-order chi connectivity index (χ0) is 14.2. The second-order valence-corrected chi connectivity index (χ2v) is 4.68. The molecule has 0 bridgehead atoms. The SMILES string of the molecule is Cc1cc(C(N)c2ccc(F)c(Cl)c2)c(F)cc1F. The minimum atomic E-state index is -0.836. The Bertz CT molecular complexity index is 628. The van der Waals surface area contributed by atoms with Crippen molar-refractivity contribution in [3.8, 4) is 0 Å². The fraction of sp³-hybridized carbons (Fsp3) is 0.143. The smallest absolute Gasteiger partial charge is 0.141 e. The van der Waals surface area contributed by atoms with Crippen molar-refractivity contribution in [1.82, 2.24) is 0 Å². The van der Waals surface area contributed by atoms with Gasteiger partial charge in [-0.05, 0) is 36.2 Å². The summed E-state index contributed by atoms with van der Waals surface area (Å²) in [6, 6.07) is 5.20. The van der Waals surface area contributed by atoms with E-state index >= 15 is 0 Å². The first-order valence-corrected chi connectivity index (χ1v) is 5.94. The van der Waals surface area contributed by atoms with Gasteiger partial charge in [-0.3, -0.25) is 0 Å². The highest BCUT2D eigenvalue weighted by Crippen LogP contribution is 2.27. The van der Waals surface area contributed by atoms with E-state index in [2.05, 4.69) is 0 Å². The number of hydrogen-bond acceptors (Lipinski definition) is 1. The predicted molar refractivity (Wildman–Crippen MR) is 68.5 cm³/mol. The average molecular weight is 286 g/mol. The molecule has 2 N–H and O–H groups in total. The van der Waals surface area contributed by atoms with Gasteiger partial charge in [-0.1, -0.05) is 17.7 Å². The number of hydrogen-bond donors (Lipinski definition) is 1. The highest BCUT2D eigenvalue weighted by atomic mass is 35.5. The first kappa shape index (κ1) is 13.9. The van der Waals surface area contributed by atoms with Crippen LogP contribution in [0.5, 0.6) is 0 Å². The zero-order valence-corrected chi connectivity index (χ0v) is 10.8. The molecule has 0 aliphatic heterocycles. The topological polar surface area (TPSA) is 26.0 Å². The number of nitrogens with two attached hydrogens (primary N) is 1. The van der Waals surface area contributed by atoms with Crippen LogP contribution < -0.4 is 5.73 Å². The number of halogens is 4. The highest BCUT2D eigenvalue weighted by Gasteiger charge is 2.17. The molecule has 1 nitrogen and oxygen atoms in total. The van der Waals surface area contributed by atoms with Gasteiger partial charge in [0.1, 0.15) is 17.5 Å². The molecule has 5 heteroatoms. The van der Waals surface area contributed by atoms with E-state index in [9.17, 15) is 13.2 Å². The Kier molecular flexibility index (Phi) is 3.83. The van der Waals surface area contributed by atoms with Crippen LogP contribution in [0.4, 0.5) is 13.2 Å². The average Bonchev–Trinajstić information content (AvgIpc) is 2.36. The third-order valence-corrected chi connectivity index (χ3v) is 3.21. The van der Waals surface area contributed by atoms with E-state index in [1.807, 2.05) is 0 Å². The van der Waals surface area contributed by atoms with Crippen molar-refractivity contribution in [3.63, 3.8) is 0 Å². The molecule has 2 aromatic rings. The van der Waals surface area contributed by atoms with Gasteiger partial charge in [-0.25, -0.2) is 13.2 Å². The summed E-state index contributed by atoms with van der Waals surface area (Å²) in [6.45, 7) is 1.52. The molecule has 0 amide bonds. The van der Waals surface area contributed by atoms with Crippen LogP contribution in [-0.4, -0.2) is 0 Å². The second-order valence-electron chi connectivity index (χ2n) is 4.27. The van der Waals surface area contributed by atoms with Crippen molar-refractivity contribution in [2.45, 2.75) is 13.0 Å². The fourth-order valence-corrected chi connectivity index (χ4v) is 1.99. The Balaban J connectivity index is 2.46. The Morgan fingerprint density at radius 2 is 1.68 bits per heavy atom. The van der Waals surface area contributed by atoms with Crippen molar-refractivity contribution < 1.29 is 13.2 Å². The lowest BCUT2D eigenvalue weighted by Gasteiger charge is -2.15. The molecule has 0 aromatic heterocycles. The molecule has 0 saturated carbocycles. The normalized spacial score (nSPS) is 12.5. The molecule has 1 unspecified atom stereocenters. The van der Waals surface area contributed by atoms with Crippen LogP contribution in [0.2, 0.25) is 5.02 Å². The largest absolute Gasteiger partial charge is 0.320 e. The second kappa shape index (κ2) is 5.23. The third-order valence-electron chi connectivity index (χ3n) is 2.92. The maximum absolute atomic E-state index is 13.7. The summed E-state index contributed by atoms with van der Waals surface area (Å²) < 4.78 is 40.0. The van der Waals surface area contributed by atoms with Gasteiger partial charge in [0.15, 0.2) is 0 Å². The Morgan fingerprint density at radius 3 is 2.32 bits per heavy atom. The lowest BCUT2D eigenvalue weighted by Crippen LogP contribution is -2.14. The Hall–Kier alpha value is -1.52. The number of benzene rings is 2. The van der Waals surface area contributed by atoms with Crippen LogP contribution in [0, 0.1) is 24.4 Å². The standard InChI is InChI=1S/C14H11ClF3N/c1-7-4-9(13(18)6-12(7)17)14(19)8-2-3-11(16)10(15)5-8/h2-6,14H,19H2,1H3. The van der Waals surface area contributed by atoms with Crippen LogP contribution in [0.1, 0.15) is 22.7 Å². The van der Waals surface area contributed by atoms with E-state index in [1.54, 1.807) is 0 Å². The molecule has 0 heterocycles. The summed E-state index contributed by atoms with van der Waals surface area (Å²) >= 11 is 5.66. The summed E-state index contributed by atoms with van der Waals surface area (Å²) in [5.74, 6) is -1.95. The monoisotopic (exact) mass is 285 g/mol. The summed E-state index contributed by atoms with van der Waals surface area (Å²) in [4.78, 5) is 0. The minimum Gasteiger partial charge on any atom is -0.320 e. The van der Waals surface area contributed by atoms with Gasteiger partial charge >= 0.3 is 0 Å². The van der Waals surface area contributed by atoms with Crippen molar-refractivity contribution in [2.24, 2.45) is 5.73 Å². The maximum Gasteiger partial charge on any atom is 0.141 e. The summed E-state index contributed by atoms with van der Waals surface area (Å²) in [7, 11) is 0. The van der Waals surface area contributed by atoms with Crippen molar-refractivity contribution in [2.75, 3.05) is 0 Å². The molecular formula is C14H11ClF3N. The molecule has 0 radical (unpaired) electrons. The molecule has 0 aliphatic carbocycles. The van der Waals surface area contributed by atoms with Crippen LogP contribution in [-0.2, 0) is 0 Å². The van der Waals surface area contributed by atoms with Gasteiger partial charge in [0, 0.05) is 11.6 Å². The van der Waals surface area contributed by atoms with Crippen LogP contribution in [0.25, 0.3) is 0 Å². The van der Waals surface area contributed by atoms with E-state index in [1.165, 1.54) is 25.1 Å². The van der Waals surface area contributed by atoms with E-state index in [0.29, 0.717) is 11.1 Å². The van der Waals surface area contributed by atoms with Crippen LogP contribution in [0.3, 0.4) is 0 Å². The van der Waals surface area contributed by atoms with Gasteiger partial charge in [0.05, 0.1) is 11.1 Å². The molecule has 0 fully saturated rings. The molecule has 100 valence electrons. The van der Waals surface area contributed by atoms with Gasteiger partial charge < -0.3 is 5.73 Å². The van der Waals surface area contributed by atoms with E-state index in [-0.39, 0.29) is 10.6 Å². The van der Waals surface area contributed by atoms with E-state index in [4.69, 9.17) is 17.3 Å². The summed E-state index contributed by atoms with van der Waals surface area (Å²) in [5, 5.41) is -0.0906. The number of aryl methyl sites for hydroxylation is 1. The quantitative estimate of drug-likeness (QED) is 0.883. The van der Waals surface area contributed by atoms with Gasteiger partial charge in [-0.2, -0.15) is 0 Å². The third kappa shape index (κ3) is 2.74. The Labute approximate surface area is 113 Å². The highest BCUT2D eigenvalue weighted by molar-refractivity contribution is 6.30.